The monoisotopic (exact) mass is 366 g/mol. The normalized spacial score (nSPS) is 19.0. The molecule has 1 aromatic carbocycles. The van der Waals surface area contributed by atoms with Crippen LogP contribution in [0.5, 0.6) is 0 Å². The fourth-order valence-corrected chi connectivity index (χ4v) is 4.99. The van der Waals surface area contributed by atoms with Crippen LogP contribution in [0.2, 0.25) is 0 Å². The molecule has 0 bridgehead atoms. The molecule has 3 heterocycles. The van der Waals surface area contributed by atoms with Crippen molar-refractivity contribution in [2.45, 2.75) is 38.3 Å². The number of benzene rings is 1. The Morgan fingerprint density at radius 3 is 2.88 bits per heavy atom. The van der Waals surface area contributed by atoms with E-state index in [2.05, 4.69) is 42.2 Å². The SMILES string of the molecule is CCc1ccc(C(c2cc3ccccc3s2)N2CCCC2C(=O)O)nc1. The predicted octanol–water partition coefficient (Wildman–Crippen LogP) is 4.50. The first-order chi connectivity index (χ1) is 12.7. The van der Waals surface area contributed by atoms with Gasteiger partial charge in [0.1, 0.15) is 6.04 Å². The highest BCUT2D eigenvalue weighted by atomic mass is 32.1. The van der Waals surface area contributed by atoms with E-state index in [9.17, 15) is 9.90 Å². The van der Waals surface area contributed by atoms with Gasteiger partial charge in [-0.15, -0.1) is 11.3 Å². The Balaban J connectivity index is 1.81. The zero-order valence-corrected chi connectivity index (χ0v) is 15.6. The number of aromatic nitrogens is 1. The standard InChI is InChI=1S/C21H22N2O2S/c1-2-14-9-10-16(22-13-14)20(23-11-5-7-17(23)21(24)25)19-12-15-6-3-4-8-18(15)26-19/h3-4,6,8-10,12-13,17,20H,2,5,7,11H2,1H3,(H,24,25). The molecule has 26 heavy (non-hydrogen) atoms. The second-order valence-corrected chi connectivity index (χ2v) is 7.88. The molecule has 1 aliphatic heterocycles. The molecule has 5 heteroatoms. The molecule has 1 fully saturated rings. The van der Waals surface area contributed by atoms with E-state index >= 15 is 0 Å². The number of carbonyl (C=O) groups is 1. The molecule has 0 spiro atoms. The number of nitrogens with zero attached hydrogens (tertiary/aromatic N) is 2. The number of aryl methyl sites for hydroxylation is 1. The molecule has 2 aromatic heterocycles. The van der Waals surface area contributed by atoms with E-state index in [-0.39, 0.29) is 6.04 Å². The minimum atomic E-state index is -0.737. The van der Waals surface area contributed by atoms with Crippen molar-refractivity contribution in [3.05, 3.63) is 64.8 Å². The second-order valence-electron chi connectivity index (χ2n) is 6.77. The number of pyridine rings is 1. The summed E-state index contributed by atoms with van der Waals surface area (Å²) in [6.45, 7) is 2.90. The Morgan fingerprint density at radius 1 is 1.35 bits per heavy atom. The maximum Gasteiger partial charge on any atom is 0.320 e. The molecule has 0 radical (unpaired) electrons. The van der Waals surface area contributed by atoms with Crippen molar-refractivity contribution in [1.29, 1.82) is 0 Å². The Hall–Kier alpha value is -2.24. The van der Waals surface area contributed by atoms with E-state index in [1.807, 2.05) is 18.3 Å². The van der Waals surface area contributed by atoms with Gasteiger partial charge >= 0.3 is 5.97 Å². The van der Waals surface area contributed by atoms with Crippen molar-refractivity contribution in [2.75, 3.05) is 6.54 Å². The van der Waals surface area contributed by atoms with E-state index in [1.165, 1.54) is 15.6 Å². The summed E-state index contributed by atoms with van der Waals surface area (Å²) in [5.74, 6) is -0.737. The van der Waals surface area contributed by atoms with Crippen molar-refractivity contribution in [1.82, 2.24) is 9.88 Å². The Bertz CT molecular complexity index is 886. The lowest BCUT2D eigenvalue weighted by atomic mass is 10.1. The largest absolute Gasteiger partial charge is 0.480 e. The number of thiophene rings is 1. The average Bonchev–Trinajstić information content (AvgIpc) is 3.29. The molecule has 1 aliphatic rings. The number of hydrogen-bond acceptors (Lipinski definition) is 4. The number of carboxylic acid groups (broad SMARTS) is 1. The molecule has 1 saturated heterocycles. The molecular weight excluding hydrogens is 344 g/mol. The molecule has 2 atom stereocenters. The third kappa shape index (κ3) is 3.13. The van der Waals surface area contributed by atoms with Crippen LogP contribution in [0.15, 0.2) is 48.7 Å². The molecule has 0 amide bonds. The second kappa shape index (κ2) is 7.17. The lowest BCUT2D eigenvalue weighted by Gasteiger charge is -2.30. The molecular formula is C21H22N2O2S. The maximum atomic E-state index is 11.8. The Kier molecular flexibility index (Phi) is 4.74. The smallest absolute Gasteiger partial charge is 0.320 e. The molecule has 3 aromatic rings. The first-order valence-corrected chi connectivity index (χ1v) is 9.91. The maximum absolute atomic E-state index is 11.8. The summed E-state index contributed by atoms with van der Waals surface area (Å²) in [6.07, 6.45) is 4.47. The van der Waals surface area contributed by atoms with Gasteiger partial charge in [0.25, 0.3) is 0 Å². The number of rotatable bonds is 5. The first-order valence-electron chi connectivity index (χ1n) is 9.09. The van der Waals surface area contributed by atoms with Gasteiger partial charge in [-0.1, -0.05) is 31.2 Å². The van der Waals surface area contributed by atoms with Gasteiger partial charge in [0.05, 0.1) is 11.7 Å². The van der Waals surface area contributed by atoms with Crippen LogP contribution in [0, 0.1) is 0 Å². The predicted molar refractivity (Wildman–Crippen MR) is 105 cm³/mol. The van der Waals surface area contributed by atoms with Crippen LogP contribution < -0.4 is 0 Å². The molecule has 4 rings (SSSR count). The molecule has 4 nitrogen and oxygen atoms in total. The highest BCUT2D eigenvalue weighted by Crippen LogP contribution is 2.39. The van der Waals surface area contributed by atoms with Crippen LogP contribution in [0.1, 0.15) is 41.9 Å². The van der Waals surface area contributed by atoms with Gasteiger partial charge in [-0.05, 0) is 48.4 Å². The summed E-state index contributed by atoms with van der Waals surface area (Å²) in [5.41, 5.74) is 2.13. The van der Waals surface area contributed by atoms with Crippen molar-refractivity contribution >= 4 is 27.4 Å². The average molecular weight is 366 g/mol. The van der Waals surface area contributed by atoms with Crippen LogP contribution in [-0.2, 0) is 11.2 Å². The van der Waals surface area contributed by atoms with E-state index in [4.69, 9.17) is 4.98 Å². The third-order valence-corrected chi connectivity index (χ3v) is 6.33. The highest BCUT2D eigenvalue weighted by Gasteiger charge is 2.38. The number of fused-ring (bicyclic) bond motifs is 1. The summed E-state index contributed by atoms with van der Waals surface area (Å²) in [6, 6.07) is 14.1. The molecule has 0 aliphatic carbocycles. The molecule has 1 N–H and O–H groups in total. The van der Waals surface area contributed by atoms with Crippen molar-refractivity contribution in [3.8, 4) is 0 Å². The highest BCUT2D eigenvalue weighted by molar-refractivity contribution is 7.19. The van der Waals surface area contributed by atoms with Gasteiger partial charge in [-0.25, -0.2) is 0 Å². The summed E-state index contributed by atoms with van der Waals surface area (Å²) in [4.78, 5) is 19.8. The third-order valence-electron chi connectivity index (χ3n) is 5.16. The van der Waals surface area contributed by atoms with Crippen LogP contribution >= 0.6 is 11.3 Å². The minimum Gasteiger partial charge on any atom is -0.480 e. The van der Waals surface area contributed by atoms with Gasteiger partial charge in [-0.3, -0.25) is 14.7 Å². The minimum absolute atomic E-state index is 0.109. The summed E-state index contributed by atoms with van der Waals surface area (Å²) >= 11 is 1.74. The zero-order chi connectivity index (χ0) is 18.1. The Morgan fingerprint density at radius 2 is 2.19 bits per heavy atom. The lowest BCUT2D eigenvalue weighted by molar-refractivity contribution is -0.142. The van der Waals surface area contributed by atoms with Crippen LogP contribution in [0.4, 0.5) is 0 Å². The van der Waals surface area contributed by atoms with Gasteiger partial charge in [0.15, 0.2) is 0 Å². The van der Waals surface area contributed by atoms with E-state index in [0.717, 1.165) is 30.0 Å². The van der Waals surface area contributed by atoms with Crippen molar-refractivity contribution < 1.29 is 9.90 Å². The Labute approximate surface area is 157 Å². The van der Waals surface area contributed by atoms with Crippen LogP contribution in [0.3, 0.4) is 0 Å². The fourth-order valence-electron chi connectivity index (χ4n) is 3.79. The van der Waals surface area contributed by atoms with E-state index < -0.39 is 12.0 Å². The number of aliphatic carboxylic acids is 1. The van der Waals surface area contributed by atoms with Gasteiger partial charge in [0, 0.05) is 22.3 Å². The fraction of sp³-hybridized carbons (Fsp3) is 0.333. The number of likely N-dealkylation sites (tertiary alicyclic amines) is 1. The van der Waals surface area contributed by atoms with Crippen molar-refractivity contribution in [2.24, 2.45) is 0 Å². The zero-order valence-electron chi connectivity index (χ0n) is 14.8. The van der Waals surface area contributed by atoms with Crippen LogP contribution in [0.25, 0.3) is 10.1 Å². The van der Waals surface area contributed by atoms with Gasteiger partial charge in [-0.2, -0.15) is 0 Å². The van der Waals surface area contributed by atoms with Gasteiger partial charge in [0.2, 0.25) is 0 Å². The molecule has 134 valence electrons. The van der Waals surface area contributed by atoms with Gasteiger partial charge < -0.3 is 5.11 Å². The van der Waals surface area contributed by atoms with Crippen molar-refractivity contribution in [3.63, 3.8) is 0 Å². The lowest BCUT2D eigenvalue weighted by Crippen LogP contribution is -2.39. The number of carboxylic acids is 1. The summed E-state index contributed by atoms with van der Waals surface area (Å²) in [5, 5.41) is 10.9. The molecule has 0 saturated carbocycles. The summed E-state index contributed by atoms with van der Waals surface area (Å²) < 4.78 is 1.23. The first kappa shape index (κ1) is 17.2. The summed E-state index contributed by atoms with van der Waals surface area (Å²) in [7, 11) is 0. The quantitative estimate of drug-likeness (QED) is 0.722. The van der Waals surface area contributed by atoms with Crippen LogP contribution in [-0.4, -0.2) is 33.5 Å². The van der Waals surface area contributed by atoms with E-state index in [0.29, 0.717) is 6.42 Å². The number of hydrogen-bond donors (Lipinski definition) is 1. The topological polar surface area (TPSA) is 53.4 Å². The molecule has 2 unspecified atom stereocenters. The van der Waals surface area contributed by atoms with E-state index in [1.54, 1.807) is 11.3 Å².